The average Bonchev–Trinajstić information content (AvgIpc) is 2.72. The summed E-state index contributed by atoms with van der Waals surface area (Å²) in [6.45, 7) is 4.08. The quantitative estimate of drug-likeness (QED) is 0.721. The van der Waals surface area contributed by atoms with Crippen molar-refractivity contribution in [3.63, 3.8) is 0 Å². The Bertz CT molecular complexity index is 899. The standard InChI is InChI=1S/C24H28N2O3/c1-16-5-3-6-18(13-16)15-25-23(28)19-9-11-20(12-10-19)24(29)26-22-8-4-7-21(14-22)17(2)27/h3-8,13-14,19-20H,9-12,15H2,1-2H3,(H,25,28)(H,26,29). The Balaban J connectivity index is 1.47. The minimum Gasteiger partial charge on any atom is -0.352 e. The van der Waals surface area contributed by atoms with Crippen LogP contribution in [0.25, 0.3) is 0 Å². The first kappa shape index (κ1) is 20.8. The maximum absolute atomic E-state index is 12.6. The first-order valence-electron chi connectivity index (χ1n) is 10.2. The third-order valence-electron chi connectivity index (χ3n) is 5.55. The van der Waals surface area contributed by atoms with E-state index in [9.17, 15) is 14.4 Å². The first-order valence-corrected chi connectivity index (χ1v) is 10.2. The molecule has 5 nitrogen and oxygen atoms in total. The van der Waals surface area contributed by atoms with Crippen LogP contribution < -0.4 is 10.6 Å². The highest BCUT2D eigenvalue weighted by Crippen LogP contribution is 2.30. The van der Waals surface area contributed by atoms with Crippen molar-refractivity contribution in [1.29, 1.82) is 0 Å². The van der Waals surface area contributed by atoms with Crippen LogP contribution in [0.1, 0.15) is 54.1 Å². The van der Waals surface area contributed by atoms with Crippen molar-refractivity contribution in [2.45, 2.75) is 46.1 Å². The van der Waals surface area contributed by atoms with E-state index in [0.29, 0.717) is 43.5 Å². The van der Waals surface area contributed by atoms with Crippen LogP contribution >= 0.6 is 0 Å². The number of aryl methyl sites for hydroxylation is 1. The topological polar surface area (TPSA) is 75.3 Å². The van der Waals surface area contributed by atoms with E-state index < -0.39 is 0 Å². The van der Waals surface area contributed by atoms with Crippen LogP contribution in [0.3, 0.4) is 0 Å². The van der Waals surface area contributed by atoms with Crippen LogP contribution in [-0.2, 0) is 16.1 Å². The largest absolute Gasteiger partial charge is 0.352 e. The van der Waals surface area contributed by atoms with Gasteiger partial charge in [-0.2, -0.15) is 0 Å². The van der Waals surface area contributed by atoms with E-state index >= 15 is 0 Å². The molecule has 1 aliphatic carbocycles. The molecule has 1 aliphatic rings. The summed E-state index contributed by atoms with van der Waals surface area (Å²) in [5.41, 5.74) is 3.49. The van der Waals surface area contributed by atoms with Crippen molar-refractivity contribution in [2.75, 3.05) is 5.32 Å². The zero-order valence-corrected chi connectivity index (χ0v) is 17.0. The number of carbonyl (C=O) groups excluding carboxylic acids is 3. The number of rotatable bonds is 6. The third kappa shape index (κ3) is 5.76. The van der Waals surface area contributed by atoms with Crippen LogP contribution in [0.4, 0.5) is 5.69 Å². The normalized spacial score (nSPS) is 18.7. The molecular weight excluding hydrogens is 364 g/mol. The van der Waals surface area contributed by atoms with E-state index in [1.807, 2.05) is 25.1 Å². The Morgan fingerprint density at radius 2 is 1.55 bits per heavy atom. The van der Waals surface area contributed by atoms with Gasteiger partial charge in [0.25, 0.3) is 0 Å². The fraction of sp³-hybridized carbons (Fsp3) is 0.375. The molecule has 0 heterocycles. The lowest BCUT2D eigenvalue weighted by atomic mass is 9.81. The Kier molecular flexibility index (Phi) is 6.81. The molecule has 0 unspecified atom stereocenters. The van der Waals surface area contributed by atoms with Crippen LogP contribution in [0, 0.1) is 18.8 Å². The third-order valence-corrected chi connectivity index (χ3v) is 5.55. The summed E-state index contributed by atoms with van der Waals surface area (Å²) in [6, 6.07) is 15.1. The zero-order valence-electron chi connectivity index (χ0n) is 17.0. The molecule has 2 N–H and O–H groups in total. The van der Waals surface area contributed by atoms with Gasteiger partial charge in [-0.25, -0.2) is 0 Å². The maximum atomic E-state index is 12.6. The highest BCUT2D eigenvalue weighted by molar-refractivity contribution is 5.97. The fourth-order valence-corrected chi connectivity index (χ4v) is 3.83. The molecule has 0 aliphatic heterocycles. The number of nitrogens with one attached hydrogen (secondary N) is 2. The van der Waals surface area contributed by atoms with Gasteiger partial charge in [0, 0.05) is 29.6 Å². The smallest absolute Gasteiger partial charge is 0.227 e. The minimum atomic E-state index is -0.100. The highest BCUT2D eigenvalue weighted by Gasteiger charge is 2.29. The Morgan fingerprint density at radius 1 is 0.897 bits per heavy atom. The number of carbonyl (C=O) groups is 3. The monoisotopic (exact) mass is 392 g/mol. The predicted octanol–water partition coefficient (Wildman–Crippen LogP) is 4.26. The van der Waals surface area contributed by atoms with Gasteiger partial charge in [0.15, 0.2) is 5.78 Å². The van der Waals surface area contributed by atoms with E-state index in [2.05, 4.69) is 16.7 Å². The van der Waals surface area contributed by atoms with Crippen molar-refractivity contribution in [1.82, 2.24) is 5.32 Å². The van der Waals surface area contributed by atoms with Gasteiger partial charge in [0.1, 0.15) is 0 Å². The molecule has 3 rings (SSSR count). The van der Waals surface area contributed by atoms with Gasteiger partial charge in [-0.15, -0.1) is 0 Å². The molecule has 2 amide bonds. The van der Waals surface area contributed by atoms with E-state index in [0.717, 1.165) is 5.56 Å². The predicted molar refractivity (Wildman–Crippen MR) is 114 cm³/mol. The summed E-state index contributed by atoms with van der Waals surface area (Å²) in [6.07, 6.45) is 2.82. The molecule has 0 spiro atoms. The number of benzene rings is 2. The number of hydrogen-bond acceptors (Lipinski definition) is 3. The second-order valence-corrected chi connectivity index (χ2v) is 7.88. The summed E-state index contributed by atoms with van der Waals surface area (Å²) >= 11 is 0. The number of hydrogen-bond donors (Lipinski definition) is 2. The van der Waals surface area contributed by atoms with Gasteiger partial charge in [-0.3, -0.25) is 14.4 Å². The zero-order chi connectivity index (χ0) is 20.8. The molecule has 0 bridgehead atoms. The summed E-state index contributed by atoms with van der Waals surface area (Å²) in [5.74, 6) is -0.135. The minimum absolute atomic E-state index is 0.0294. The van der Waals surface area contributed by atoms with E-state index in [1.165, 1.54) is 12.5 Å². The molecule has 152 valence electrons. The van der Waals surface area contributed by atoms with Crippen molar-refractivity contribution in [2.24, 2.45) is 11.8 Å². The van der Waals surface area contributed by atoms with E-state index in [4.69, 9.17) is 0 Å². The SMILES string of the molecule is CC(=O)c1cccc(NC(=O)C2CCC(C(=O)NCc3cccc(C)c3)CC2)c1. The Labute approximate surface area is 171 Å². The molecular formula is C24H28N2O3. The molecule has 2 aromatic rings. The van der Waals surface area contributed by atoms with Crippen LogP contribution in [0.2, 0.25) is 0 Å². The molecule has 5 heteroatoms. The summed E-state index contributed by atoms with van der Waals surface area (Å²) in [5, 5.41) is 5.94. The van der Waals surface area contributed by atoms with Gasteiger partial charge in [0.2, 0.25) is 11.8 Å². The average molecular weight is 392 g/mol. The lowest BCUT2D eigenvalue weighted by Crippen LogP contribution is -2.35. The molecule has 0 radical (unpaired) electrons. The molecule has 0 saturated heterocycles. The van der Waals surface area contributed by atoms with Gasteiger partial charge < -0.3 is 10.6 Å². The number of ketones is 1. The summed E-state index contributed by atoms with van der Waals surface area (Å²) < 4.78 is 0. The van der Waals surface area contributed by atoms with Crippen LogP contribution in [-0.4, -0.2) is 17.6 Å². The Morgan fingerprint density at radius 3 is 2.21 bits per heavy atom. The van der Waals surface area contributed by atoms with Crippen LogP contribution in [0.5, 0.6) is 0 Å². The van der Waals surface area contributed by atoms with Gasteiger partial charge in [-0.1, -0.05) is 42.0 Å². The van der Waals surface area contributed by atoms with Crippen molar-refractivity contribution in [3.05, 3.63) is 65.2 Å². The molecule has 1 fully saturated rings. The summed E-state index contributed by atoms with van der Waals surface area (Å²) in [7, 11) is 0. The van der Waals surface area contributed by atoms with Gasteiger partial charge in [0.05, 0.1) is 0 Å². The van der Waals surface area contributed by atoms with Crippen molar-refractivity contribution >= 4 is 23.3 Å². The number of Topliss-reactive ketones (excluding diaryl/α,β-unsaturated/α-hetero) is 1. The molecule has 1 saturated carbocycles. The van der Waals surface area contributed by atoms with Gasteiger partial charge >= 0.3 is 0 Å². The van der Waals surface area contributed by atoms with Crippen LogP contribution in [0.15, 0.2) is 48.5 Å². The van der Waals surface area contributed by atoms with E-state index in [-0.39, 0.29) is 29.4 Å². The first-order chi connectivity index (χ1) is 13.9. The highest BCUT2D eigenvalue weighted by atomic mass is 16.2. The molecule has 29 heavy (non-hydrogen) atoms. The fourth-order valence-electron chi connectivity index (χ4n) is 3.83. The lowest BCUT2D eigenvalue weighted by molar-refractivity contribution is -0.128. The lowest BCUT2D eigenvalue weighted by Gasteiger charge is -2.27. The van der Waals surface area contributed by atoms with E-state index in [1.54, 1.807) is 24.3 Å². The Hall–Kier alpha value is -2.95. The maximum Gasteiger partial charge on any atom is 0.227 e. The number of anilines is 1. The number of amides is 2. The summed E-state index contributed by atoms with van der Waals surface area (Å²) in [4.78, 5) is 36.5. The second-order valence-electron chi connectivity index (χ2n) is 7.88. The van der Waals surface area contributed by atoms with Crippen molar-refractivity contribution < 1.29 is 14.4 Å². The van der Waals surface area contributed by atoms with Crippen molar-refractivity contribution in [3.8, 4) is 0 Å². The second kappa shape index (κ2) is 9.50. The molecule has 0 aromatic heterocycles. The molecule has 2 aromatic carbocycles. The molecule has 0 atom stereocenters. The van der Waals surface area contributed by atoms with Gasteiger partial charge in [-0.05, 0) is 57.2 Å².